The highest BCUT2D eigenvalue weighted by molar-refractivity contribution is 8.00. The van der Waals surface area contributed by atoms with Crippen LogP contribution in [0.25, 0.3) is 6.08 Å². The van der Waals surface area contributed by atoms with E-state index >= 15 is 9.59 Å². The number of aromatic amines is 1. The van der Waals surface area contributed by atoms with Crippen molar-refractivity contribution in [1.29, 1.82) is 0 Å². The van der Waals surface area contributed by atoms with Gasteiger partial charge < -0.3 is 34.6 Å². The van der Waals surface area contributed by atoms with Crippen LogP contribution in [0, 0.1) is 68.5 Å². The molecule has 3 heterocycles. The highest BCUT2D eigenvalue weighted by Gasteiger charge is 2.51. The van der Waals surface area contributed by atoms with E-state index in [0.29, 0.717) is 53.0 Å². The van der Waals surface area contributed by atoms with Gasteiger partial charge in [0, 0.05) is 41.5 Å². The summed E-state index contributed by atoms with van der Waals surface area (Å²) in [5.74, 6) is -0.530. The number of amidine groups is 1. The minimum atomic E-state index is -0.610. The topological polar surface area (TPSA) is 178 Å². The van der Waals surface area contributed by atoms with Gasteiger partial charge >= 0.3 is 17.9 Å². The molecule has 1 aromatic rings. The van der Waals surface area contributed by atoms with Crippen LogP contribution in [-0.4, -0.2) is 83.1 Å². The fraction of sp³-hybridized carbons (Fsp3) is 0.785. The first-order valence-corrected chi connectivity index (χ1v) is 31.2. The highest BCUT2D eigenvalue weighted by Crippen LogP contribution is 2.52. The van der Waals surface area contributed by atoms with Crippen molar-refractivity contribution in [2.75, 3.05) is 24.3 Å². The monoisotopic (exact) mass is 1120 g/mol. The van der Waals surface area contributed by atoms with Gasteiger partial charge in [0.1, 0.15) is 41.6 Å². The van der Waals surface area contributed by atoms with Gasteiger partial charge in [-0.15, -0.1) is 11.8 Å². The van der Waals surface area contributed by atoms with Crippen LogP contribution in [0.2, 0.25) is 0 Å². The van der Waals surface area contributed by atoms with E-state index in [1.807, 2.05) is 54.5 Å². The summed E-state index contributed by atoms with van der Waals surface area (Å²) in [6, 6.07) is 0. The molecule has 2 saturated carbocycles. The predicted molar refractivity (Wildman–Crippen MR) is 322 cm³/mol. The van der Waals surface area contributed by atoms with Crippen molar-refractivity contribution in [3.8, 4) is 0 Å². The number of hydrogen-bond acceptors (Lipinski definition) is 11. The molecule has 6 unspecified atom stereocenters. The molecule has 6 atom stereocenters. The van der Waals surface area contributed by atoms with Gasteiger partial charge in [0.05, 0.1) is 29.1 Å². The molecule has 13 nitrogen and oxygen atoms in total. The maximum absolute atomic E-state index is 15.5. The Labute approximate surface area is 481 Å². The number of nitrogens with zero attached hydrogens (tertiary/aromatic N) is 1. The number of epoxide rings is 1. The summed E-state index contributed by atoms with van der Waals surface area (Å²) in [6.45, 7) is 47.7. The van der Waals surface area contributed by atoms with Crippen molar-refractivity contribution in [2.45, 2.75) is 240 Å². The lowest BCUT2D eigenvalue weighted by Crippen LogP contribution is -2.50. The minimum absolute atomic E-state index is 0.0632. The zero-order chi connectivity index (χ0) is 59.5. The number of nitrogens with one attached hydrogen (secondary N) is 3. The van der Waals surface area contributed by atoms with E-state index in [1.165, 1.54) is 11.8 Å². The molecular weight excluding hydrogens is 1010 g/mol. The van der Waals surface area contributed by atoms with Crippen molar-refractivity contribution < 1.29 is 42.9 Å². The molecule has 3 fully saturated rings. The molecule has 0 aromatic carbocycles. The Morgan fingerprint density at radius 2 is 1.22 bits per heavy atom. The average Bonchev–Trinajstić information content (AvgIpc) is 4.12. The number of esters is 3. The molecule has 5 rings (SSSR count). The fourth-order valence-corrected chi connectivity index (χ4v) is 13.1. The van der Waals surface area contributed by atoms with E-state index in [1.54, 1.807) is 6.92 Å². The molecule has 0 bridgehead atoms. The number of hydrogen-bond donors (Lipinski definition) is 3. The van der Waals surface area contributed by atoms with Gasteiger partial charge in [-0.1, -0.05) is 138 Å². The molecule has 0 spiro atoms. The molecular formula is C65H106N4O9S. The van der Waals surface area contributed by atoms with Crippen molar-refractivity contribution >= 4 is 59.2 Å². The lowest BCUT2D eigenvalue weighted by atomic mass is 9.59. The van der Waals surface area contributed by atoms with Gasteiger partial charge in [-0.05, 0) is 128 Å². The first-order valence-electron chi connectivity index (χ1n) is 30.1. The Bertz CT molecular complexity index is 2380. The Kier molecular flexibility index (Phi) is 21.8. The summed E-state index contributed by atoms with van der Waals surface area (Å²) in [5, 5.41) is 5.59. The molecule has 2 amide bonds. The molecule has 1 saturated heterocycles. The zero-order valence-corrected chi connectivity index (χ0v) is 53.8. The molecule has 2 aliphatic heterocycles. The lowest BCUT2D eigenvalue weighted by Gasteiger charge is -2.50. The summed E-state index contributed by atoms with van der Waals surface area (Å²) in [6.07, 6.45) is 8.31. The number of unbranched alkanes of at least 4 members (excludes halogenated alkanes) is 1. The Morgan fingerprint density at radius 1 is 0.722 bits per heavy atom. The van der Waals surface area contributed by atoms with Crippen LogP contribution in [0.4, 0.5) is 5.82 Å². The van der Waals surface area contributed by atoms with E-state index in [9.17, 15) is 14.4 Å². The SMILES string of the molecule is CCC(C)(C)C(=O)OCCSC(C)C(=O)NC1=NC(=Cc2[nH]c(NC(=O)CCCCC3CO3)c(C(=O)OC3C(C(C)(C)C)CC(C)CC3C(C)(C)C)c2C(C)C)C(C(C)C)=C1C(=O)OC1C(C(C)(C)C)CC(C)CC1C(C)(C)C. The molecule has 4 aliphatic rings. The predicted octanol–water partition coefficient (Wildman–Crippen LogP) is 14.9. The molecule has 1 aromatic heterocycles. The second-order valence-corrected chi connectivity index (χ2v) is 31.1. The molecule has 3 N–H and O–H groups in total. The normalized spacial score (nSPS) is 26.1. The number of carbonyl (C=O) groups is 5. The van der Waals surface area contributed by atoms with E-state index < -0.39 is 28.7 Å². The number of aliphatic imine (C=N–C) groups is 1. The van der Waals surface area contributed by atoms with Gasteiger partial charge in [-0.25, -0.2) is 14.6 Å². The average molecular weight is 1120 g/mol. The van der Waals surface area contributed by atoms with Crippen LogP contribution in [0.3, 0.4) is 0 Å². The molecule has 0 radical (unpaired) electrons. The van der Waals surface area contributed by atoms with E-state index in [0.717, 1.165) is 45.1 Å². The second-order valence-electron chi connectivity index (χ2n) is 29.7. The first kappa shape index (κ1) is 65.9. The van der Waals surface area contributed by atoms with E-state index in [2.05, 4.69) is 113 Å². The number of thioether (sulfide) groups is 1. The molecule has 14 heteroatoms. The third kappa shape index (κ3) is 17.1. The number of H-pyrrole nitrogens is 1. The molecule has 446 valence electrons. The van der Waals surface area contributed by atoms with E-state index in [-0.39, 0.29) is 123 Å². The van der Waals surface area contributed by atoms with E-state index in [4.69, 9.17) is 23.9 Å². The van der Waals surface area contributed by atoms with Gasteiger partial charge in [0.15, 0.2) is 0 Å². The van der Waals surface area contributed by atoms with Gasteiger partial charge in [0.2, 0.25) is 11.8 Å². The number of aromatic nitrogens is 1. The third-order valence-electron chi connectivity index (χ3n) is 17.7. The van der Waals surface area contributed by atoms with Crippen LogP contribution >= 0.6 is 11.8 Å². The highest BCUT2D eigenvalue weighted by atomic mass is 32.2. The number of anilines is 1. The maximum atomic E-state index is 15.5. The summed E-state index contributed by atoms with van der Waals surface area (Å²) in [7, 11) is 0. The van der Waals surface area contributed by atoms with Crippen molar-refractivity contribution in [1.82, 2.24) is 10.3 Å². The van der Waals surface area contributed by atoms with Gasteiger partial charge in [-0.3, -0.25) is 14.4 Å². The van der Waals surface area contributed by atoms with Crippen LogP contribution in [0.5, 0.6) is 0 Å². The van der Waals surface area contributed by atoms with Crippen LogP contribution < -0.4 is 10.6 Å². The summed E-state index contributed by atoms with van der Waals surface area (Å²) < 4.78 is 24.9. The Morgan fingerprint density at radius 3 is 1.66 bits per heavy atom. The van der Waals surface area contributed by atoms with Crippen LogP contribution in [0.15, 0.2) is 21.8 Å². The third-order valence-corrected chi connectivity index (χ3v) is 18.8. The zero-order valence-electron chi connectivity index (χ0n) is 53.0. The maximum Gasteiger partial charge on any atom is 0.342 e. The summed E-state index contributed by atoms with van der Waals surface area (Å²) >= 11 is 1.34. The Balaban J connectivity index is 1.67. The Hall–Kier alpha value is -3.91. The summed E-state index contributed by atoms with van der Waals surface area (Å²) in [5.41, 5.74) is 1.39. The summed E-state index contributed by atoms with van der Waals surface area (Å²) in [4.78, 5) is 80.6. The first-order chi connectivity index (χ1) is 36.4. The quantitative estimate of drug-likeness (QED) is 0.0493. The molecule has 79 heavy (non-hydrogen) atoms. The van der Waals surface area contributed by atoms with Crippen LogP contribution in [-0.2, 0) is 38.1 Å². The smallest absolute Gasteiger partial charge is 0.342 e. The number of allylic oxidation sites excluding steroid dienone is 1. The number of carbonyl (C=O) groups excluding carboxylic acids is 5. The second kappa shape index (κ2) is 26.1. The van der Waals surface area contributed by atoms with Gasteiger partial charge in [-0.2, -0.15) is 0 Å². The van der Waals surface area contributed by atoms with Crippen LogP contribution in [0.1, 0.15) is 238 Å². The molecule has 2 aliphatic carbocycles. The number of amides is 2. The fourth-order valence-electron chi connectivity index (χ4n) is 12.4. The standard InChI is InChI=1S/C65H106N4O9S/c1-23-65(21,22)60(74)75-28-29-79-40(8)57(71)69-56-52(59(73)78-54-44(63(15,16)17)32-39(7)33-45(54)64(18,19)20)50(37(4)5)47(67-56)34-46-49(36(2)3)51(55(66-46)68-48(70)27-25-24-26-41-35-76-41)58(72)77-53-42(61(9,10)11)30-38(6)31-43(53)62(12,13)14/h34,36-45,53-54,66H,23-33,35H2,1-22H3,(H,68,70)(H,67,69,71). The van der Waals surface area contributed by atoms with Crippen molar-refractivity contribution in [2.24, 2.45) is 73.5 Å². The van der Waals surface area contributed by atoms with Gasteiger partial charge in [0.25, 0.3) is 0 Å². The number of ether oxygens (including phenoxy) is 4. The largest absolute Gasteiger partial charge is 0.464 e. The van der Waals surface area contributed by atoms with Crippen molar-refractivity contribution in [3.05, 3.63) is 33.7 Å². The van der Waals surface area contributed by atoms with Crippen molar-refractivity contribution in [3.63, 3.8) is 0 Å². The lowest BCUT2D eigenvalue weighted by molar-refractivity contribution is -0.164. The number of rotatable bonds is 20. The minimum Gasteiger partial charge on any atom is -0.464 e.